The van der Waals surface area contributed by atoms with E-state index < -0.39 is 0 Å². The monoisotopic (exact) mass is 365 g/mol. The van der Waals surface area contributed by atoms with Gasteiger partial charge in [0.1, 0.15) is 5.82 Å². The van der Waals surface area contributed by atoms with Crippen molar-refractivity contribution in [2.24, 2.45) is 0 Å². The van der Waals surface area contributed by atoms with Crippen LogP contribution < -0.4 is 0 Å². The second-order valence-electron chi connectivity index (χ2n) is 7.67. The molecular formula is C21H27N5O. The SMILES string of the molecule is CC(C)c1noc(CN2CCC[C@H](c3nccn3Cc3ccccc3)C2)n1. The van der Waals surface area contributed by atoms with Gasteiger partial charge < -0.3 is 9.09 Å². The molecule has 3 heterocycles. The van der Waals surface area contributed by atoms with Crippen LogP contribution in [0.15, 0.2) is 47.2 Å². The standard InChI is InChI=1S/C21H27N5O/c1-16(2)20-23-19(27-24-20)15-25-11-6-9-18(14-25)21-22-10-12-26(21)13-17-7-4-3-5-8-17/h3-5,7-8,10,12,16,18H,6,9,11,13-15H2,1-2H3/t18-/m0/s1. The normalized spacial score (nSPS) is 18.3. The second kappa shape index (κ2) is 8.05. The molecule has 142 valence electrons. The Hall–Kier alpha value is -2.47. The largest absolute Gasteiger partial charge is 0.338 e. The summed E-state index contributed by atoms with van der Waals surface area (Å²) < 4.78 is 7.72. The Morgan fingerprint density at radius 2 is 2.04 bits per heavy atom. The lowest BCUT2D eigenvalue weighted by molar-refractivity contribution is 0.173. The zero-order valence-corrected chi connectivity index (χ0v) is 16.1. The summed E-state index contributed by atoms with van der Waals surface area (Å²) in [5.41, 5.74) is 1.30. The minimum absolute atomic E-state index is 0.294. The van der Waals surface area contributed by atoms with Crippen molar-refractivity contribution in [3.63, 3.8) is 0 Å². The van der Waals surface area contributed by atoms with Gasteiger partial charge in [0.2, 0.25) is 5.89 Å². The van der Waals surface area contributed by atoms with Gasteiger partial charge in [-0.1, -0.05) is 49.3 Å². The average molecular weight is 365 g/mol. The zero-order valence-electron chi connectivity index (χ0n) is 16.1. The fourth-order valence-corrected chi connectivity index (χ4v) is 3.76. The van der Waals surface area contributed by atoms with Gasteiger partial charge in [0.25, 0.3) is 0 Å². The number of hydrogen-bond acceptors (Lipinski definition) is 5. The third kappa shape index (κ3) is 4.27. The third-order valence-corrected chi connectivity index (χ3v) is 5.17. The van der Waals surface area contributed by atoms with E-state index in [0.29, 0.717) is 17.7 Å². The molecule has 0 radical (unpaired) electrons. The van der Waals surface area contributed by atoms with E-state index in [4.69, 9.17) is 4.52 Å². The Morgan fingerprint density at radius 3 is 2.81 bits per heavy atom. The molecule has 0 N–H and O–H groups in total. The lowest BCUT2D eigenvalue weighted by atomic mass is 9.97. The molecule has 1 fully saturated rings. The number of piperidine rings is 1. The Kier molecular flexibility index (Phi) is 5.34. The highest BCUT2D eigenvalue weighted by Gasteiger charge is 2.26. The topological polar surface area (TPSA) is 60.0 Å². The highest BCUT2D eigenvalue weighted by Crippen LogP contribution is 2.27. The molecule has 4 rings (SSSR count). The van der Waals surface area contributed by atoms with Crippen molar-refractivity contribution in [1.29, 1.82) is 0 Å². The van der Waals surface area contributed by atoms with Crippen LogP contribution in [0.2, 0.25) is 0 Å². The van der Waals surface area contributed by atoms with Gasteiger partial charge in [-0.3, -0.25) is 4.90 Å². The summed E-state index contributed by atoms with van der Waals surface area (Å²) in [5, 5.41) is 4.08. The first-order chi connectivity index (χ1) is 13.2. The number of benzene rings is 1. The van der Waals surface area contributed by atoms with Crippen molar-refractivity contribution < 1.29 is 4.52 Å². The molecule has 0 aliphatic carbocycles. The summed E-state index contributed by atoms with van der Waals surface area (Å²) in [6.07, 6.45) is 6.34. The second-order valence-corrected chi connectivity index (χ2v) is 7.67. The molecule has 0 saturated carbocycles. The number of imidazole rings is 1. The number of rotatable bonds is 6. The van der Waals surface area contributed by atoms with E-state index in [1.807, 2.05) is 6.20 Å². The van der Waals surface area contributed by atoms with E-state index >= 15 is 0 Å². The minimum atomic E-state index is 0.294. The number of hydrogen-bond donors (Lipinski definition) is 0. The summed E-state index contributed by atoms with van der Waals surface area (Å²) in [6.45, 7) is 7.79. The maximum Gasteiger partial charge on any atom is 0.240 e. The van der Waals surface area contributed by atoms with Gasteiger partial charge in [0, 0.05) is 37.3 Å². The first-order valence-electron chi connectivity index (χ1n) is 9.79. The molecule has 0 spiro atoms. The average Bonchev–Trinajstić information content (AvgIpc) is 3.32. The van der Waals surface area contributed by atoms with Crippen LogP contribution in [0.25, 0.3) is 0 Å². The summed E-state index contributed by atoms with van der Waals surface area (Å²) in [5.74, 6) is 3.41. The number of nitrogens with zero attached hydrogens (tertiary/aromatic N) is 5. The van der Waals surface area contributed by atoms with Gasteiger partial charge in [-0.05, 0) is 24.9 Å². The van der Waals surface area contributed by atoms with E-state index in [9.17, 15) is 0 Å². The first-order valence-corrected chi connectivity index (χ1v) is 9.79. The van der Waals surface area contributed by atoms with Gasteiger partial charge in [-0.25, -0.2) is 4.98 Å². The fourth-order valence-electron chi connectivity index (χ4n) is 3.76. The lowest BCUT2D eigenvalue weighted by Gasteiger charge is -2.31. The molecule has 6 heteroatoms. The molecule has 2 aromatic heterocycles. The molecule has 27 heavy (non-hydrogen) atoms. The Labute approximate surface area is 160 Å². The summed E-state index contributed by atoms with van der Waals surface area (Å²) in [7, 11) is 0. The first kappa shape index (κ1) is 17.9. The molecule has 1 aliphatic rings. The van der Waals surface area contributed by atoms with Crippen LogP contribution in [0.4, 0.5) is 0 Å². The van der Waals surface area contributed by atoms with Gasteiger partial charge >= 0.3 is 0 Å². The quantitative estimate of drug-likeness (QED) is 0.665. The predicted molar refractivity (Wildman–Crippen MR) is 103 cm³/mol. The Balaban J connectivity index is 1.43. The molecule has 0 bridgehead atoms. The zero-order chi connectivity index (χ0) is 18.6. The van der Waals surface area contributed by atoms with Crippen LogP contribution in [-0.4, -0.2) is 37.7 Å². The van der Waals surface area contributed by atoms with E-state index in [1.54, 1.807) is 0 Å². The summed E-state index contributed by atoms with van der Waals surface area (Å²) >= 11 is 0. The number of likely N-dealkylation sites (tertiary alicyclic amines) is 1. The molecule has 0 unspecified atom stereocenters. The molecule has 0 amide bonds. The third-order valence-electron chi connectivity index (χ3n) is 5.17. The van der Waals surface area contributed by atoms with Gasteiger partial charge in [-0.2, -0.15) is 4.98 Å². The Morgan fingerprint density at radius 1 is 1.19 bits per heavy atom. The molecular weight excluding hydrogens is 338 g/mol. The van der Waals surface area contributed by atoms with E-state index in [0.717, 1.165) is 38.4 Å². The fraction of sp³-hybridized carbons (Fsp3) is 0.476. The number of aromatic nitrogens is 4. The van der Waals surface area contributed by atoms with E-state index in [2.05, 4.69) is 75.0 Å². The highest BCUT2D eigenvalue weighted by atomic mass is 16.5. The Bertz CT molecular complexity index is 854. The van der Waals surface area contributed by atoms with Crippen LogP contribution in [0.3, 0.4) is 0 Å². The maximum absolute atomic E-state index is 5.43. The van der Waals surface area contributed by atoms with Crippen molar-refractivity contribution >= 4 is 0 Å². The van der Waals surface area contributed by atoms with Crippen LogP contribution in [-0.2, 0) is 13.1 Å². The molecule has 3 aromatic rings. The van der Waals surface area contributed by atoms with Crippen LogP contribution in [0, 0.1) is 0 Å². The van der Waals surface area contributed by atoms with E-state index in [-0.39, 0.29) is 0 Å². The predicted octanol–water partition coefficient (Wildman–Crippen LogP) is 3.82. The maximum atomic E-state index is 5.43. The molecule has 1 saturated heterocycles. The van der Waals surface area contributed by atoms with Crippen molar-refractivity contribution in [3.8, 4) is 0 Å². The van der Waals surface area contributed by atoms with Crippen molar-refractivity contribution in [2.75, 3.05) is 13.1 Å². The van der Waals surface area contributed by atoms with Crippen LogP contribution in [0.1, 0.15) is 61.6 Å². The van der Waals surface area contributed by atoms with Crippen LogP contribution in [0.5, 0.6) is 0 Å². The molecule has 1 atom stereocenters. The van der Waals surface area contributed by atoms with Crippen molar-refractivity contribution in [3.05, 3.63) is 65.8 Å². The minimum Gasteiger partial charge on any atom is -0.338 e. The van der Waals surface area contributed by atoms with Gasteiger partial charge in [0.15, 0.2) is 5.82 Å². The van der Waals surface area contributed by atoms with Gasteiger partial charge in [-0.15, -0.1) is 0 Å². The van der Waals surface area contributed by atoms with Crippen molar-refractivity contribution in [2.45, 2.75) is 51.6 Å². The summed E-state index contributed by atoms with van der Waals surface area (Å²) in [4.78, 5) is 11.6. The molecule has 6 nitrogen and oxygen atoms in total. The van der Waals surface area contributed by atoms with Gasteiger partial charge in [0.05, 0.1) is 6.54 Å². The summed E-state index contributed by atoms with van der Waals surface area (Å²) in [6, 6.07) is 10.6. The van der Waals surface area contributed by atoms with E-state index in [1.165, 1.54) is 17.8 Å². The van der Waals surface area contributed by atoms with Crippen LogP contribution >= 0.6 is 0 Å². The molecule has 1 aromatic carbocycles. The highest BCUT2D eigenvalue weighted by molar-refractivity contribution is 5.16. The lowest BCUT2D eigenvalue weighted by Crippen LogP contribution is -2.35. The smallest absolute Gasteiger partial charge is 0.240 e. The molecule has 1 aliphatic heterocycles. The van der Waals surface area contributed by atoms with Crippen molar-refractivity contribution in [1.82, 2.24) is 24.6 Å².